The Balaban J connectivity index is 1.60. The zero-order valence-corrected chi connectivity index (χ0v) is 13.7. The SMILES string of the molecule is Cc1ccc(N2CCC(NC(=O)CC3(C(=O)O)CCC3)C2=O)cc1. The van der Waals surface area contributed by atoms with Crippen LogP contribution < -0.4 is 10.2 Å². The van der Waals surface area contributed by atoms with E-state index < -0.39 is 17.4 Å². The van der Waals surface area contributed by atoms with Gasteiger partial charge >= 0.3 is 5.97 Å². The van der Waals surface area contributed by atoms with Crippen molar-refractivity contribution < 1.29 is 19.5 Å². The molecule has 6 heteroatoms. The van der Waals surface area contributed by atoms with E-state index in [9.17, 15) is 19.5 Å². The third-order valence-electron chi connectivity index (χ3n) is 5.15. The van der Waals surface area contributed by atoms with Gasteiger partial charge in [-0.3, -0.25) is 14.4 Å². The summed E-state index contributed by atoms with van der Waals surface area (Å²) in [7, 11) is 0. The highest BCUT2D eigenvalue weighted by atomic mass is 16.4. The van der Waals surface area contributed by atoms with E-state index in [0.29, 0.717) is 25.8 Å². The summed E-state index contributed by atoms with van der Waals surface area (Å²) < 4.78 is 0. The van der Waals surface area contributed by atoms with Crippen molar-refractivity contribution in [2.24, 2.45) is 5.41 Å². The molecular formula is C18H22N2O4. The lowest BCUT2D eigenvalue weighted by molar-refractivity contribution is -0.157. The first-order valence-corrected chi connectivity index (χ1v) is 8.32. The largest absolute Gasteiger partial charge is 0.481 e. The lowest BCUT2D eigenvalue weighted by Gasteiger charge is -2.37. The Labute approximate surface area is 140 Å². The molecule has 1 saturated carbocycles. The number of carbonyl (C=O) groups excluding carboxylic acids is 2. The lowest BCUT2D eigenvalue weighted by Crippen LogP contribution is -2.46. The van der Waals surface area contributed by atoms with Crippen LogP contribution in [0.5, 0.6) is 0 Å². The van der Waals surface area contributed by atoms with Crippen molar-refractivity contribution in [3.8, 4) is 0 Å². The van der Waals surface area contributed by atoms with E-state index in [0.717, 1.165) is 17.7 Å². The lowest BCUT2D eigenvalue weighted by atomic mass is 9.66. The topological polar surface area (TPSA) is 86.7 Å². The van der Waals surface area contributed by atoms with Crippen molar-refractivity contribution in [1.82, 2.24) is 5.32 Å². The predicted octanol–water partition coefficient (Wildman–Crippen LogP) is 1.86. The van der Waals surface area contributed by atoms with Crippen LogP contribution in [0.1, 0.15) is 37.7 Å². The maximum absolute atomic E-state index is 12.5. The Kier molecular flexibility index (Phi) is 4.30. The predicted molar refractivity (Wildman–Crippen MR) is 88.6 cm³/mol. The molecule has 0 radical (unpaired) electrons. The molecular weight excluding hydrogens is 308 g/mol. The molecule has 2 aliphatic rings. The van der Waals surface area contributed by atoms with Gasteiger partial charge in [0.1, 0.15) is 6.04 Å². The van der Waals surface area contributed by atoms with E-state index in [2.05, 4.69) is 5.32 Å². The third kappa shape index (κ3) is 3.00. The van der Waals surface area contributed by atoms with Gasteiger partial charge < -0.3 is 15.3 Å². The summed E-state index contributed by atoms with van der Waals surface area (Å²) in [5.41, 5.74) is 1.01. The number of amides is 2. The molecule has 1 aliphatic carbocycles. The number of carboxylic acid groups (broad SMARTS) is 1. The normalized spacial score (nSPS) is 22.1. The molecule has 0 aromatic heterocycles. The van der Waals surface area contributed by atoms with Crippen LogP contribution in [0.15, 0.2) is 24.3 Å². The number of aryl methyl sites for hydroxylation is 1. The molecule has 24 heavy (non-hydrogen) atoms. The minimum Gasteiger partial charge on any atom is -0.481 e. The molecule has 1 unspecified atom stereocenters. The standard InChI is InChI=1S/C18H22N2O4/c1-12-3-5-13(6-4-12)20-10-7-14(16(20)22)19-15(21)11-18(17(23)24)8-2-9-18/h3-6,14H,2,7-11H2,1H3,(H,19,21)(H,23,24). The summed E-state index contributed by atoms with van der Waals surface area (Å²) in [6.07, 6.45) is 2.39. The van der Waals surface area contributed by atoms with Gasteiger partial charge in [0, 0.05) is 18.7 Å². The third-order valence-corrected chi connectivity index (χ3v) is 5.15. The van der Waals surface area contributed by atoms with Gasteiger partial charge in [0.2, 0.25) is 11.8 Å². The number of aliphatic carboxylic acids is 1. The van der Waals surface area contributed by atoms with Crippen molar-refractivity contribution in [1.29, 1.82) is 0 Å². The fraction of sp³-hybridized carbons (Fsp3) is 0.500. The van der Waals surface area contributed by atoms with Crippen LogP contribution >= 0.6 is 0 Å². The number of anilines is 1. The molecule has 0 spiro atoms. The average Bonchev–Trinajstić information content (AvgIpc) is 2.85. The number of benzene rings is 1. The van der Waals surface area contributed by atoms with Gasteiger partial charge in [-0.15, -0.1) is 0 Å². The van der Waals surface area contributed by atoms with Crippen LogP contribution in [0.25, 0.3) is 0 Å². The molecule has 1 aliphatic heterocycles. The Bertz CT molecular complexity index is 664. The van der Waals surface area contributed by atoms with Crippen LogP contribution in [0.2, 0.25) is 0 Å². The van der Waals surface area contributed by atoms with Crippen LogP contribution in [-0.2, 0) is 14.4 Å². The number of carbonyl (C=O) groups is 3. The van der Waals surface area contributed by atoms with Crippen LogP contribution in [0.4, 0.5) is 5.69 Å². The molecule has 1 aromatic rings. The fourth-order valence-electron chi connectivity index (χ4n) is 3.42. The molecule has 128 valence electrons. The maximum atomic E-state index is 12.5. The summed E-state index contributed by atoms with van der Waals surface area (Å²) in [5, 5.41) is 12.0. The Hall–Kier alpha value is -2.37. The zero-order valence-electron chi connectivity index (χ0n) is 13.7. The molecule has 2 fully saturated rings. The Morgan fingerprint density at radius 3 is 2.50 bits per heavy atom. The second-order valence-corrected chi connectivity index (χ2v) is 6.85. The number of hydrogen-bond acceptors (Lipinski definition) is 3. The number of nitrogens with one attached hydrogen (secondary N) is 1. The van der Waals surface area contributed by atoms with Gasteiger partial charge in [-0.1, -0.05) is 24.1 Å². The first kappa shape index (κ1) is 16.5. The molecule has 0 bridgehead atoms. The molecule has 1 saturated heterocycles. The van der Waals surface area contributed by atoms with Crippen molar-refractivity contribution in [2.45, 2.75) is 45.1 Å². The molecule has 1 atom stereocenters. The average molecular weight is 330 g/mol. The summed E-state index contributed by atoms with van der Waals surface area (Å²) >= 11 is 0. The second-order valence-electron chi connectivity index (χ2n) is 6.85. The van der Waals surface area contributed by atoms with E-state index in [1.54, 1.807) is 4.90 Å². The summed E-state index contributed by atoms with van der Waals surface area (Å²) in [5.74, 6) is -1.39. The first-order chi connectivity index (χ1) is 11.4. The molecule has 1 heterocycles. The fourth-order valence-corrected chi connectivity index (χ4v) is 3.42. The van der Waals surface area contributed by atoms with Crippen LogP contribution in [-0.4, -0.2) is 35.5 Å². The van der Waals surface area contributed by atoms with Gasteiger partial charge in [-0.05, 0) is 38.3 Å². The minimum absolute atomic E-state index is 0.0450. The number of hydrogen-bond donors (Lipinski definition) is 2. The van der Waals surface area contributed by atoms with Crippen molar-refractivity contribution in [2.75, 3.05) is 11.4 Å². The highest BCUT2D eigenvalue weighted by Gasteiger charge is 2.46. The minimum atomic E-state index is -0.928. The van der Waals surface area contributed by atoms with Gasteiger partial charge in [0.05, 0.1) is 5.41 Å². The van der Waals surface area contributed by atoms with Crippen molar-refractivity contribution in [3.63, 3.8) is 0 Å². The van der Waals surface area contributed by atoms with Crippen molar-refractivity contribution in [3.05, 3.63) is 29.8 Å². The highest BCUT2D eigenvalue weighted by molar-refractivity contribution is 6.01. The number of nitrogens with zero attached hydrogens (tertiary/aromatic N) is 1. The van der Waals surface area contributed by atoms with Gasteiger partial charge in [0.15, 0.2) is 0 Å². The van der Waals surface area contributed by atoms with Gasteiger partial charge in [0.25, 0.3) is 0 Å². The van der Waals surface area contributed by atoms with E-state index in [-0.39, 0.29) is 18.2 Å². The molecule has 2 amide bonds. The van der Waals surface area contributed by atoms with E-state index in [1.165, 1.54) is 0 Å². The second kappa shape index (κ2) is 6.26. The smallest absolute Gasteiger partial charge is 0.310 e. The number of rotatable bonds is 5. The highest BCUT2D eigenvalue weighted by Crippen LogP contribution is 2.44. The van der Waals surface area contributed by atoms with Crippen LogP contribution in [0, 0.1) is 12.3 Å². The van der Waals surface area contributed by atoms with E-state index in [1.807, 2.05) is 31.2 Å². The molecule has 2 N–H and O–H groups in total. The molecule has 6 nitrogen and oxygen atoms in total. The summed E-state index contributed by atoms with van der Waals surface area (Å²) in [4.78, 5) is 37.7. The molecule has 3 rings (SSSR count). The number of carboxylic acids is 1. The Morgan fingerprint density at radius 2 is 1.96 bits per heavy atom. The van der Waals surface area contributed by atoms with Gasteiger partial charge in [-0.2, -0.15) is 0 Å². The maximum Gasteiger partial charge on any atom is 0.310 e. The summed E-state index contributed by atoms with van der Waals surface area (Å²) in [6, 6.07) is 7.12. The van der Waals surface area contributed by atoms with Gasteiger partial charge in [-0.25, -0.2) is 0 Å². The first-order valence-electron chi connectivity index (χ1n) is 8.32. The van der Waals surface area contributed by atoms with Crippen molar-refractivity contribution >= 4 is 23.5 Å². The summed E-state index contributed by atoms with van der Waals surface area (Å²) in [6.45, 7) is 2.54. The molecule has 1 aromatic carbocycles. The Morgan fingerprint density at radius 1 is 1.29 bits per heavy atom. The monoisotopic (exact) mass is 330 g/mol. The van der Waals surface area contributed by atoms with Crippen LogP contribution in [0.3, 0.4) is 0 Å². The van der Waals surface area contributed by atoms with E-state index in [4.69, 9.17) is 0 Å². The quantitative estimate of drug-likeness (QED) is 0.863. The van der Waals surface area contributed by atoms with E-state index >= 15 is 0 Å². The zero-order chi connectivity index (χ0) is 17.3.